The maximum atomic E-state index is 12.2. The highest BCUT2D eigenvalue weighted by Gasteiger charge is 2.20. The van der Waals surface area contributed by atoms with E-state index in [9.17, 15) is 8.42 Å². The molecule has 1 heterocycles. The van der Waals surface area contributed by atoms with Crippen LogP contribution in [0.3, 0.4) is 0 Å². The minimum atomic E-state index is -3.44. The van der Waals surface area contributed by atoms with E-state index in [1.54, 1.807) is 35.3 Å². The van der Waals surface area contributed by atoms with Gasteiger partial charge in [0.25, 0.3) is 0 Å². The molecule has 0 atom stereocenters. The van der Waals surface area contributed by atoms with Gasteiger partial charge in [-0.15, -0.1) is 5.10 Å². The lowest BCUT2D eigenvalue weighted by molar-refractivity contribution is 0.521. The molecule has 0 radical (unpaired) electrons. The Morgan fingerprint density at radius 3 is 2.71 bits per heavy atom. The van der Waals surface area contributed by atoms with Crippen LogP contribution in [-0.2, 0) is 16.6 Å². The van der Waals surface area contributed by atoms with Crippen LogP contribution in [0.5, 0.6) is 0 Å². The molecule has 0 saturated carbocycles. The Balaban J connectivity index is 2.00. The minimum Gasteiger partial charge on any atom is -0.384 e. The van der Waals surface area contributed by atoms with Crippen molar-refractivity contribution >= 4 is 15.7 Å². The fraction of sp³-hybridized carbons (Fsp3) is 0.385. The van der Waals surface area contributed by atoms with Gasteiger partial charge < -0.3 is 5.32 Å². The lowest BCUT2D eigenvalue weighted by Gasteiger charge is -2.16. The number of anilines is 1. The van der Waals surface area contributed by atoms with Crippen LogP contribution in [0, 0.1) is 0 Å². The van der Waals surface area contributed by atoms with Crippen LogP contribution < -0.4 is 5.32 Å². The summed E-state index contributed by atoms with van der Waals surface area (Å²) in [5, 5.41) is 10.8. The highest BCUT2D eigenvalue weighted by Crippen LogP contribution is 2.22. The Morgan fingerprint density at radius 2 is 2.05 bits per heavy atom. The van der Waals surface area contributed by atoms with Gasteiger partial charge in [0.15, 0.2) is 0 Å². The molecule has 2 aromatic rings. The largest absolute Gasteiger partial charge is 0.384 e. The summed E-state index contributed by atoms with van der Waals surface area (Å²) in [7, 11) is -0.395. The van der Waals surface area contributed by atoms with Gasteiger partial charge in [0.1, 0.15) is 4.90 Å². The number of nitrogens with zero attached hydrogens (tertiary/aromatic N) is 4. The second-order valence-corrected chi connectivity index (χ2v) is 6.85. The first-order valence-electron chi connectivity index (χ1n) is 6.61. The minimum absolute atomic E-state index is 0.288. The third-order valence-electron chi connectivity index (χ3n) is 3.00. The number of para-hydroxylation sites is 1. The number of aromatic nitrogens is 3. The number of hydrogen-bond donors (Lipinski definition) is 1. The van der Waals surface area contributed by atoms with Crippen molar-refractivity contribution in [1.82, 2.24) is 19.3 Å². The molecule has 0 amide bonds. The zero-order chi connectivity index (χ0) is 15.3. The van der Waals surface area contributed by atoms with E-state index < -0.39 is 10.0 Å². The van der Waals surface area contributed by atoms with Crippen LogP contribution in [0.15, 0.2) is 41.6 Å². The van der Waals surface area contributed by atoms with Crippen molar-refractivity contribution in [2.24, 2.45) is 0 Å². The Bertz CT molecular complexity index is 668. The van der Waals surface area contributed by atoms with Crippen molar-refractivity contribution in [3.05, 3.63) is 36.7 Å². The summed E-state index contributed by atoms with van der Waals surface area (Å²) in [4.78, 5) is 0.288. The second-order valence-electron chi connectivity index (χ2n) is 4.73. The zero-order valence-electron chi connectivity index (χ0n) is 12.1. The summed E-state index contributed by atoms with van der Waals surface area (Å²) in [6.07, 6.45) is 4.25. The zero-order valence-corrected chi connectivity index (χ0v) is 12.9. The van der Waals surface area contributed by atoms with Gasteiger partial charge in [0, 0.05) is 33.4 Å². The molecule has 0 saturated heterocycles. The van der Waals surface area contributed by atoms with Crippen molar-refractivity contribution in [2.75, 3.05) is 26.0 Å². The fourth-order valence-electron chi connectivity index (χ4n) is 1.85. The lowest BCUT2D eigenvalue weighted by atomic mass is 10.3. The summed E-state index contributed by atoms with van der Waals surface area (Å²) < 4.78 is 27.4. The molecule has 0 bridgehead atoms. The van der Waals surface area contributed by atoms with Crippen LogP contribution in [0.1, 0.15) is 6.42 Å². The van der Waals surface area contributed by atoms with Crippen LogP contribution in [0.25, 0.3) is 0 Å². The van der Waals surface area contributed by atoms with Crippen LogP contribution >= 0.6 is 0 Å². The van der Waals surface area contributed by atoms with Gasteiger partial charge in [0.2, 0.25) is 10.0 Å². The molecule has 0 aliphatic rings. The number of aryl methyl sites for hydroxylation is 1. The number of hydrogen-bond acceptors (Lipinski definition) is 5. The number of sulfonamides is 1. The molecule has 114 valence electrons. The predicted octanol–water partition coefficient (Wildman–Crippen LogP) is 1.03. The smallest absolute Gasteiger partial charge is 0.244 e. The molecule has 0 fully saturated rings. The quantitative estimate of drug-likeness (QED) is 0.773. The number of benzene rings is 1. The van der Waals surface area contributed by atoms with Crippen molar-refractivity contribution in [3.8, 4) is 0 Å². The van der Waals surface area contributed by atoms with E-state index in [1.807, 2.05) is 6.07 Å². The molecule has 1 aromatic carbocycles. The summed E-state index contributed by atoms with van der Waals surface area (Å²) in [6.45, 7) is 1.38. The van der Waals surface area contributed by atoms with Gasteiger partial charge in [-0.05, 0) is 18.6 Å². The molecule has 2 rings (SSSR count). The standard InChI is InChI=1S/C13H19N5O2S/c1-17(2)21(19,20)13-7-4-3-6-12(13)14-8-5-10-18-11-9-15-16-18/h3-4,6-7,9,11,14H,5,8,10H2,1-2H3. The van der Waals surface area contributed by atoms with E-state index >= 15 is 0 Å². The molecule has 0 aliphatic carbocycles. The summed E-state index contributed by atoms with van der Waals surface area (Å²) in [5.41, 5.74) is 0.616. The van der Waals surface area contributed by atoms with Crippen molar-refractivity contribution in [1.29, 1.82) is 0 Å². The fourth-order valence-corrected chi connectivity index (χ4v) is 2.91. The molecule has 0 aliphatic heterocycles. The first-order valence-corrected chi connectivity index (χ1v) is 8.05. The topological polar surface area (TPSA) is 80.1 Å². The third kappa shape index (κ3) is 3.79. The van der Waals surface area contributed by atoms with E-state index in [1.165, 1.54) is 18.4 Å². The van der Waals surface area contributed by atoms with Gasteiger partial charge in [-0.2, -0.15) is 0 Å². The molecular weight excluding hydrogens is 290 g/mol. The summed E-state index contributed by atoms with van der Waals surface area (Å²) in [6, 6.07) is 6.91. The number of nitrogens with one attached hydrogen (secondary N) is 1. The predicted molar refractivity (Wildman–Crippen MR) is 80.4 cm³/mol. The van der Waals surface area contributed by atoms with E-state index in [-0.39, 0.29) is 4.90 Å². The van der Waals surface area contributed by atoms with Gasteiger partial charge >= 0.3 is 0 Å². The maximum Gasteiger partial charge on any atom is 0.244 e. The molecular formula is C13H19N5O2S. The second kappa shape index (κ2) is 6.68. The van der Waals surface area contributed by atoms with Crippen molar-refractivity contribution in [2.45, 2.75) is 17.9 Å². The highest BCUT2D eigenvalue weighted by atomic mass is 32.2. The SMILES string of the molecule is CN(C)S(=O)(=O)c1ccccc1NCCCn1ccnn1. The highest BCUT2D eigenvalue weighted by molar-refractivity contribution is 7.89. The van der Waals surface area contributed by atoms with Gasteiger partial charge in [-0.3, -0.25) is 4.68 Å². The average molecular weight is 309 g/mol. The third-order valence-corrected chi connectivity index (χ3v) is 4.87. The van der Waals surface area contributed by atoms with Crippen LogP contribution in [-0.4, -0.2) is 48.4 Å². The molecule has 8 heteroatoms. The van der Waals surface area contributed by atoms with Crippen LogP contribution in [0.2, 0.25) is 0 Å². The van der Waals surface area contributed by atoms with Gasteiger partial charge in [-0.1, -0.05) is 17.3 Å². The van der Waals surface area contributed by atoms with E-state index in [2.05, 4.69) is 15.6 Å². The lowest BCUT2D eigenvalue weighted by Crippen LogP contribution is -2.23. The molecule has 21 heavy (non-hydrogen) atoms. The van der Waals surface area contributed by atoms with Gasteiger partial charge in [-0.25, -0.2) is 12.7 Å². The normalized spacial score (nSPS) is 11.8. The first-order chi connectivity index (χ1) is 10.0. The summed E-state index contributed by atoms with van der Waals surface area (Å²) >= 11 is 0. The van der Waals surface area contributed by atoms with E-state index in [0.717, 1.165) is 13.0 Å². The Labute approximate surface area is 124 Å². The summed E-state index contributed by atoms with van der Waals surface area (Å²) in [5.74, 6) is 0. The average Bonchev–Trinajstić information content (AvgIpc) is 2.97. The molecule has 0 unspecified atom stereocenters. The van der Waals surface area contributed by atoms with Crippen molar-refractivity contribution < 1.29 is 8.42 Å². The molecule has 1 N–H and O–H groups in total. The van der Waals surface area contributed by atoms with E-state index in [4.69, 9.17) is 0 Å². The molecule has 1 aromatic heterocycles. The Hall–Kier alpha value is -1.93. The Morgan fingerprint density at radius 1 is 1.29 bits per heavy atom. The molecule has 0 spiro atoms. The van der Waals surface area contributed by atoms with Gasteiger partial charge in [0.05, 0.1) is 11.9 Å². The Kier molecular flexibility index (Phi) is 4.92. The van der Waals surface area contributed by atoms with Crippen LogP contribution in [0.4, 0.5) is 5.69 Å². The number of rotatable bonds is 7. The molecule has 7 nitrogen and oxygen atoms in total. The first kappa shape index (κ1) is 15.5. The monoisotopic (exact) mass is 309 g/mol. The maximum absolute atomic E-state index is 12.2. The van der Waals surface area contributed by atoms with Crippen molar-refractivity contribution in [3.63, 3.8) is 0 Å². The van der Waals surface area contributed by atoms with E-state index in [0.29, 0.717) is 12.2 Å².